The fourth-order valence-electron chi connectivity index (χ4n) is 7.34. The molecule has 2 aliphatic rings. The number of rotatable bonds is 4. The van der Waals surface area contributed by atoms with E-state index in [1.165, 1.54) is 18.2 Å². The lowest BCUT2D eigenvalue weighted by molar-refractivity contribution is 0.170. The van der Waals surface area contributed by atoms with E-state index in [1.807, 2.05) is 23.1 Å². The van der Waals surface area contributed by atoms with Gasteiger partial charge in [0.15, 0.2) is 0 Å². The molecule has 3 atom stereocenters. The van der Waals surface area contributed by atoms with Gasteiger partial charge < -0.3 is 4.74 Å². The van der Waals surface area contributed by atoms with Crippen molar-refractivity contribution in [1.29, 1.82) is 0 Å². The lowest BCUT2D eigenvalue weighted by Crippen LogP contribution is -2.46. The van der Waals surface area contributed by atoms with E-state index >= 15 is 0 Å². The number of amides is 1. The summed E-state index contributed by atoms with van der Waals surface area (Å²) in [7, 11) is 5.89. The Kier molecular flexibility index (Phi) is 7.05. The lowest BCUT2D eigenvalue weighted by atomic mass is 9.86. The highest BCUT2D eigenvalue weighted by molar-refractivity contribution is 5.97. The summed E-state index contributed by atoms with van der Waals surface area (Å²) in [6.07, 6.45) is 1.81. The third kappa shape index (κ3) is 4.53. The van der Waals surface area contributed by atoms with E-state index in [1.54, 1.807) is 0 Å². The Balaban J connectivity index is 1.47. The molecule has 0 N–H and O–H groups in total. The highest BCUT2D eigenvalue weighted by Crippen LogP contribution is 2.52. The predicted molar refractivity (Wildman–Crippen MR) is 174 cm³/mol. The number of para-hydroxylation sites is 1. The minimum atomic E-state index is -0.380. The second-order valence-electron chi connectivity index (χ2n) is 11.4. The van der Waals surface area contributed by atoms with Crippen LogP contribution in [0.15, 0.2) is 133 Å². The first-order valence-corrected chi connectivity index (χ1v) is 14.8. The molecule has 0 spiro atoms. The van der Waals surface area contributed by atoms with Crippen molar-refractivity contribution in [3.05, 3.63) is 155 Å². The first kappa shape index (κ1) is 27.1. The van der Waals surface area contributed by atoms with Crippen LogP contribution >= 0.6 is 0 Å². The summed E-state index contributed by atoms with van der Waals surface area (Å²) in [5.41, 5.74) is 6.57. The van der Waals surface area contributed by atoms with E-state index < -0.39 is 0 Å². The summed E-state index contributed by atoms with van der Waals surface area (Å²) in [6.45, 7) is 0. The monoisotopic (exact) mass is 565 g/mol. The van der Waals surface area contributed by atoms with Gasteiger partial charge in [0.2, 0.25) is 0 Å². The number of methoxy groups -OCH3 is 1. The average Bonchev–Trinajstić information content (AvgIpc) is 3.33. The van der Waals surface area contributed by atoms with Gasteiger partial charge in [0.05, 0.1) is 37.1 Å². The maximum atomic E-state index is 13.8. The van der Waals surface area contributed by atoms with Gasteiger partial charge in [-0.25, -0.2) is 4.79 Å². The van der Waals surface area contributed by atoms with Crippen LogP contribution in [-0.2, 0) is 4.74 Å². The van der Waals surface area contributed by atoms with Gasteiger partial charge in [-0.2, -0.15) is 0 Å². The van der Waals surface area contributed by atoms with Gasteiger partial charge >= 0.3 is 6.09 Å². The molecule has 2 aliphatic heterocycles. The number of benzene rings is 5. The number of hydrogen-bond donors (Lipinski definition) is 0. The molecule has 5 heteroatoms. The molecule has 214 valence electrons. The van der Waals surface area contributed by atoms with Gasteiger partial charge in [0, 0.05) is 0 Å². The molecule has 1 amide bonds. The minimum absolute atomic E-state index is 0.0939. The van der Waals surface area contributed by atoms with Gasteiger partial charge in [-0.15, -0.1) is 0 Å². The van der Waals surface area contributed by atoms with E-state index in [9.17, 15) is 4.79 Å². The Morgan fingerprint density at radius 3 is 1.86 bits per heavy atom. The molecule has 0 radical (unpaired) electrons. The molecule has 7 rings (SSSR count). The molecule has 0 saturated carbocycles. The molecule has 1 fully saturated rings. The number of ether oxygens (including phenoxy) is 1. The van der Waals surface area contributed by atoms with Crippen LogP contribution in [0.1, 0.15) is 40.4 Å². The third-order valence-corrected chi connectivity index (χ3v) is 9.11. The van der Waals surface area contributed by atoms with Crippen LogP contribution in [0.4, 0.5) is 10.5 Å². The summed E-state index contributed by atoms with van der Waals surface area (Å²) in [4.78, 5) is 20.6. The zero-order valence-electron chi connectivity index (χ0n) is 24.7. The van der Waals surface area contributed by atoms with E-state index in [0.717, 1.165) is 33.2 Å². The summed E-state index contributed by atoms with van der Waals surface area (Å²) in [6, 6.07) is 44.2. The van der Waals surface area contributed by atoms with Crippen LogP contribution in [0, 0.1) is 0 Å². The minimum Gasteiger partial charge on any atom is -0.452 e. The van der Waals surface area contributed by atoms with Crippen molar-refractivity contribution in [2.24, 2.45) is 0 Å². The van der Waals surface area contributed by atoms with Crippen molar-refractivity contribution in [2.45, 2.75) is 24.3 Å². The fraction of sp³-hybridized carbons (Fsp3) is 0.184. The SMILES string of the molecule is COC(=O)N1c2ccccc2C=C(C2N(C)[C@@H](c3ccccc3)[C@H](c3ccccc3)N2C)[C@@H]1c1cccc2ccccc12. The van der Waals surface area contributed by atoms with Crippen molar-refractivity contribution in [1.82, 2.24) is 9.80 Å². The molecular formula is C38H35N3O2. The second kappa shape index (κ2) is 11.2. The third-order valence-electron chi connectivity index (χ3n) is 9.11. The normalized spacial score (nSPS) is 21.0. The van der Waals surface area contributed by atoms with Crippen molar-refractivity contribution in [3.63, 3.8) is 0 Å². The largest absolute Gasteiger partial charge is 0.452 e. The molecule has 0 unspecified atom stereocenters. The molecule has 5 aromatic rings. The number of carbonyl (C=O) groups is 1. The Hall–Kier alpha value is -4.71. The topological polar surface area (TPSA) is 36.0 Å². The van der Waals surface area contributed by atoms with Gasteiger partial charge in [-0.05, 0) is 64.8 Å². The standard InChI is InChI=1S/C38H35N3O2/c1-39-34(27-16-6-4-7-17-27)35(28-18-8-5-9-19-28)40(2)37(39)32-25-29-20-11-13-24-33(29)41(38(42)43-3)36(32)31-23-14-21-26-15-10-12-22-30(26)31/h4-25,34-37H,1-3H3/t34-,35-,36-/m0/s1. The lowest BCUT2D eigenvalue weighted by Gasteiger charge is -2.42. The number of carbonyl (C=O) groups excluding carboxylic acids is 1. The van der Waals surface area contributed by atoms with E-state index in [0.29, 0.717) is 0 Å². The van der Waals surface area contributed by atoms with Crippen molar-refractivity contribution >= 4 is 28.6 Å². The van der Waals surface area contributed by atoms with Crippen LogP contribution in [0.25, 0.3) is 16.8 Å². The van der Waals surface area contributed by atoms with Gasteiger partial charge in [0.1, 0.15) is 0 Å². The molecule has 0 aliphatic carbocycles. The van der Waals surface area contributed by atoms with E-state index in [2.05, 4.69) is 139 Å². The number of fused-ring (bicyclic) bond motifs is 2. The Morgan fingerprint density at radius 1 is 0.651 bits per heavy atom. The number of anilines is 1. The molecule has 0 bridgehead atoms. The first-order chi connectivity index (χ1) is 21.1. The van der Waals surface area contributed by atoms with Crippen molar-refractivity contribution in [3.8, 4) is 0 Å². The number of hydrogen-bond acceptors (Lipinski definition) is 4. The summed E-state index contributed by atoms with van der Waals surface area (Å²) >= 11 is 0. The molecule has 0 aromatic heterocycles. The summed E-state index contributed by atoms with van der Waals surface area (Å²) in [5, 5.41) is 2.26. The van der Waals surface area contributed by atoms with Crippen LogP contribution in [-0.4, -0.2) is 43.3 Å². The van der Waals surface area contributed by atoms with Crippen LogP contribution < -0.4 is 4.90 Å². The Bertz CT molecular complexity index is 1750. The molecular weight excluding hydrogens is 530 g/mol. The maximum Gasteiger partial charge on any atom is 0.414 e. The molecule has 1 saturated heterocycles. The molecule has 43 heavy (non-hydrogen) atoms. The van der Waals surface area contributed by atoms with E-state index in [-0.39, 0.29) is 30.4 Å². The highest BCUT2D eigenvalue weighted by Gasteiger charge is 2.50. The van der Waals surface area contributed by atoms with E-state index in [4.69, 9.17) is 4.74 Å². The van der Waals surface area contributed by atoms with Gasteiger partial charge in [-0.1, -0.05) is 121 Å². The molecule has 5 aromatic carbocycles. The first-order valence-electron chi connectivity index (χ1n) is 14.8. The van der Waals surface area contributed by atoms with Crippen LogP contribution in [0.5, 0.6) is 0 Å². The quantitative estimate of drug-likeness (QED) is 0.220. The average molecular weight is 566 g/mol. The molecule has 5 nitrogen and oxygen atoms in total. The van der Waals surface area contributed by atoms with Gasteiger partial charge in [-0.3, -0.25) is 14.7 Å². The smallest absolute Gasteiger partial charge is 0.414 e. The maximum absolute atomic E-state index is 13.8. The fourth-order valence-corrected chi connectivity index (χ4v) is 7.34. The number of likely N-dealkylation sites (N-methyl/N-ethyl adjacent to an activating group) is 2. The Morgan fingerprint density at radius 2 is 1.21 bits per heavy atom. The van der Waals surface area contributed by atoms with Crippen LogP contribution in [0.2, 0.25) is 0 Å². The summed E-state index contributed by atoms with van der Waals surface area (Å²) < 4.78 is 5.49. The molecule has 2 heterocycles. The summed E-state index contributed by atoms with van der Waals surface area (Å²) in [5.74, 6) is 0. The van der Waals surface area contributed by atoms with Crippen molar-refractivity contribution in [2.75, 3.05) is 26.1 Å². The second-order valence-corrected chi connectivity index (χ2v) is 11.4. The zero-order chi connectivity index (χ0) is 29.5. The van der Waals surface area contributed by atoms with Gasteiger partial charge in [0.25, 0.3) is 0 Å². The van der Waals surface area contributed by atoms with Crippen LogP contribution in [0.3, 0.4) is 0 Å². The highest BCUT2D eigenvalue weighted by atomic mass is 16.5. The van der Waals surface area contributed by atoms with Crippen molar-refractivity contribution < 1.29 is 9.53 Å². The predicted octanol–water partition coefficient (Wildman–Crippen LogP) is 8.24. The Labute approximate surface area is 253 Å². The number of nitrogens with zero attached hydrogens (tertiary/aromatic N) is 3. The zero-order valence-corrected chi connectivity index (χ0v) is 24.7.